The Kier molecular flexibility index (Phi) is 3.86. The van der Waals surface area contributed by atoms with Gasteiger partial charge in [-0.05, 0) is 26.2 Å². The Labute approximate surface area is 93.2 Å². The van der Waals surface area contributed by atoms with Crippen LogP contribution >= 0.6 is 0 Å². The third kappa shape index (κ3) is 2.68. The van der Waals surface area contributed by atoms with E-state index in [1.165, 1.54) is 6.92 Å². The lowest BCUT2D eigenvalue weighted by molar-refractivity contribution is -0.232. The van der Waals surface area contributed by atoms with E-state index in [2.05, 4.69) is 0 Å². The molecule has 0 bridgehead atoms. The first-order valence-electron chi connectivity index (χ1n) is 5.53. The number of ether oxygens (including phenoxy) is 1. The standard InChI is InChI=1S/C11H17F3O2/c1-3-16-9(15)8-5-4-6-10(2,7-8)11(12,13)14/h8H,3-7H2,1-2H3. The zero-order chi connectivity index (χ0) is 12.4. The van der Waals surface area contributed by atoms with Gasteiger partial charge in [-0.25, -0.2) is 0 Å². The van der Waals surface area contributed by atoms with E-state index in [9.17, 15) is 18.0 Å². The summed E-state index contributed by atoms with van der Waals surface area (Å²) in [5.41, 5.74) is -1.73. The maximum absolute atomic E-state index is 12.8. The van der Waals surface area contributed by atoms with Gasteiger partial charge >= 0.3 is 12.1 Å². The van der Waals surface area contributed by atoms with E-state index in [1.54, 1.807) is 6.92 Å². The van der Waals surface area contributed by atoms with Crippen molar-refractivity contribution >= 4 is 5.97 Å². The van der Waals surface area contributed by atoms with Crippen molar-refractivity contribution in [1.82, 2.24) is 0 Å². The van der Waals surface area contributed by atoms with Gasteiger partial charge in [-0.2, -0.15) is 13.2 Å². The van der Waals surface area contributed by atoms with Gasteiger partial charge in [0.1, 0.15) is 0 Å². The first kappa shape index (κ1) is 13.3. The summed E-state index contributed by atoms with van der Waals surface area (Å²) in [6.07, 6.45) is -3.34. The van der Waals surface area contributed by atoms with Gasteiger partial charge in [-0.1, -0.05) is 13.3 Å². The number of halogens is 3. The first-order chi connectivity index (χ1) is 7.30. The average molecular weight is 238 g/mol. The van der Waals surface area contributed by atoms with Crippen LogP contribution in [0.4, 0.5) is 13.2 Å². The van der Waals surface area contributed by atoms with Crippen LogP contribution in [0.15, 0.2) is 0 Å². The second kappa shape index (κ2) is 4.63. The predicted molar refractivity (Wildman–Crippen MR) is 52.8 cm³/mol. The van der Waals surface area contributed by atoms with Crippen LogP contribution < -0.4 is 0 Å². The van der Waals surface area contributed by atoms with Crippen LogP contribution in [0.3, 0.4) is 0 Å². The molecular formula is C11H17F3O2. The van der Waals surface area contributed by atoms with E-state index >= 15 is 0 Å². The molecule has 1 saturated carbocycles. The van der Waals surface area contributed by atoms with Gasteiger partial charge in [0.15, 0.2) is 0 Å². The SMILES string of the molecule is CCOC(=O)C1CCCC(C)(C(F)(F)F)C1. The van der Waals surface area contributed by atoms with Crippen molar-refractivity contribution < 1.29 is 22.7 Å². The zero-order valence-corrected chi connectivity index (χ0v) is 9.56. The monoisotopic (exact) mass is 238 g/mol. The van der Waals surface area contributed by atoms with Gasteiger partial charge in [0.05, 0.1) is 17.9 Å². The minimum Gasteiger partial charge on any atom is -0.466 e. The first-order valence-corrected chi connectivity index (χ1v) is 5.53. The Balaban J connectivity index is 2.70. The van der Waals surface area contributed by atoms with Gasteiger partial charge in [0.2, 0.25) is 0 Å². The van der Waals surface area contributed by atoms with Crippen molar-refractivity contribution in [2.45, 2.75) is 45.7 Å². The van der Waals surface area contributed by atoms with E-state index in [0.717, 1.165) is 0 Å². The van der Waals surface area contributed by atoms with Crippen molar-refractivity contribution in [2.75, 3.05) is 6.61 Å². The van der Waals surface area contributed by atoms with Crippen molar-refractivity contribution in [3.63, 3.8) is 0 Å². The molecule has 0 aromatic carbocycles. The second-order valence-corrected chi connectivity index (χ2v) is 4.60. The van der Waals surface area contributed by atoms with Crippen molar-refractivity contribution in [3.05, 3.63) is 0 Å². The number of carbonyl (C=O) groups is 1. The summed E-state index contributed by atoms with van der Waals surface area (Å²) in [5, 5.41) is 0. The largest absolute Gasteiger partial charge is 0.466 e. The van der Waals surface area contributed by atoms with Crippen LogP contribution in [0.1, 0.15) is 39.5 Å². The number of esters is 1. The fourth-order valence-corrected chi connectivity index (χ4v) is 2.21. The molecule has 1 aliphatic rings. The minimum absolute atomic E-state index is 0.104. The fraction of sp³-hybridized carbons (Fsp3) is 0.909. The summed E-state index contributed by atoms with van der Waals surface area (Å²) in [4.78, 5) is 11.4. The number of carbonyl (C=O) groups excluding carboxylic acids is 1. The Bertz CT molecular complexity index is 262. The Morgan fingerprint density at radius 2 is 2.12 bits per heavy atom. The number of alkyl halides is 3. The molecule has 0 aromatic rings. The number of rotatable bonds is 2. The second-order valence-electron chi connectivity index (χ2n) is 4.60. The smallest absolute Gasteiger partial charge is 0.394 e. The number of hydrogen-bond donors (Lipinski definition) is 0. The summed E-state index contributed by atoms with van der Waals surface area (Å²) in [7, 11) is 0. The van der Waals surface area contributed by atoms with Crippen LogP contribution in [0.25, 0.3) is 0 Å². The molecule has 1 rings (SSSR count). The van der Waals surface area contributed by atoms with Crippen LogP contribution in [0, 0.1) is 11.3 Å². The lowest BCUT2D eigenvalue weighted by Crippen LogP contribution is -2.41. The molecule has 94 valence electrons. The van der Waals surface area contributed by atoms with E-state index in [4.69, 9.17) is 4.74 Å². The highest BCUT2D eigenvalue weighted by molar-refractivity contribution is 5.72. The molecule has 1 fully saturated rings. The Hall–Kier alpha value is -0.740. The lowest BCUT2D eigenvalue weighted by atomic mass is 9.70. The van der Waals surface area contributed by atoms with Crippen molar-refractivity contribution in [1.29, 1.82) is 0 Å². The van der Waals surface area contributed by atoms with Crippen LogP contribution in [-0.4, -0.2) is 18.8 Å². The molecule has 16 heavy (non-hydrogen) atoms. The van der Waals surface area contributed by atoms with Gasteiger partial charge in [0.25, 0.3) is 0 Å². The maximum Gasteiger partial charge on any atom is 0.394 e. The quantitative estimate of drug-likeness (QED) is 0.690. The highest BCUT2D eigenvalue weighted by atomic mass is 19.4. The highest BCUT2D eigenvalue weighted by Gasteiger charge is 2.53. The third-order valence-corrected chi connectivity index (χ3v) is 3.28. The molecule has 2 nitrogen and oxygen atoms in total. The molecule has 2 unspecified atom stereocenters. The molecule has 0 spiro atoms. The topological polar surface area (TPSA) is 26.3 Å². The van der Waals surface area contributed by atoms with Gasteiger partial charge in [0, 0.05) is 0 Å². The van der Waals surface area contributed by atoms with Gasteiger partial charge in [-0.15, -0.1) is 0 Å². The summed E-state index contributed by atoms with van der Waals surface area (Å²) >= 11 is 0. The Morgan fingerprint density at radius 1 is 1.50 bits per heavy atom. The van der Waals surface area contributed by atoms with E-state index in [0.29, 0.717) is 12.8 Å². The van der Waals surface area contributed by atoms with Gasteiger partial charge in [-0.3, -0.25) is 4.79 Å². The molecule has 0 radical (unpaired) electrons. The number of hydrogen-bond acceptors (Lipinski definition) is 2. The highest BCUT2D eigenvalue weighted by Crippen LogP contribution is 2.50. The summed E-state index contributed by atoms with van der Waals surface area (Å²) < 4.78 is 43.2. The van der Waals surface area contributed by atoms with E-state index in [1.807, 2.05) is 0 Å². The van der Waals surface area contributed by atoms with E-state index in [-0.39, 0.29) is 19.4 Å². The summed E-state index contributed by atoms with van der Waals surface area (Å²) in [6, 6.07) is 0. The molecule has 0 heterocycles. The van der Waals surface area contributed by atoms with Gasteiger partial charge < -0.3 is 4.74 Å². The average Bonchev–Trinajstić information content (AvgIpc) is 2.16. The molecule has 0 saturated heterocycles. The summed E-state index contributed by atoms with van der Waals surface area (Å²) in [5.74, 6) is -1.09. The minimum atomic E-state index is -4.24. The molecular weight excluding hydrogens is 221 g/mol. The van der Waals surface area contributed by atoms with Crippen LogP contribution in [0.2, 0.25) is 0 Å². The van der Waals surface area contributed by atoms with Crippen molar-refractivity contribution in [3.8, 4) is 0 Å². The van der Waals surface area contributed by atoms with Crippen LogP contribution in [-0.2, 0) is 9.53 Å². The molecule has 5 heteroatoms. The molecule has 0 aliphatic heterocycles. The van der Waals surface area contributed by atoms with Crippen molar-refractivity contribution in [2.24, 2.45) is 11.3 Å². The Morgan fingerprint density at radius 3 is 2.62 bits per heavy atom. The normalized spacial score (nSPS) is 31.2. The van der Waals surface area contributed by atoms with E-state index < -0.39 is 23.5 Å². The molecule has 1 aliphatic carbocycles. The molecule has 0 N–H and O–H groups in total. The zero-order valence-electron chi connectivity index (χ0n) is 9.56. The lowest BCUT2D eigenvalue weighted by Gasteiger charge is -2.38. The predicted octanol–water partition coefficient (Wildman–Crippen LogP) is 3.31. The molecule has 0 aromatic heterocycles. The third-order valence-electron chi connectivity index (χ3n) is 3.28. The molecule has 2 atom stereocenters. The summed E-state index contributed by atoms with van der Waals surface area (Å²) in [6.45, 7) is 3.07. The fourth-order valence-electron chi connectivity index (χ4n) is 2.21. The maximum atomic E-state index is 12.8. The molecule has 0 amide bonds. The van der Waals surface area contributed by atoms with Crippen LogP contribution in [0.5, 0.6) is 0 Å².